The maximum atomic E-state index is 12.4. The lowest BCUT2D eigenvalue weighted by Crippen LogP contribution is -2.42. The van der Waals surface area contributed by atoms with Crippen LogP contribution in [-0.2, 0) is 11.2 Å². The second-order valence-electron chi connectivity index (χ2n) is 5.25. The van der Waals surface area contributed by atoms with E-state index in [4.69, 9.17) is 5.73 Å². The molecule has 2 rings (SSSR count). The van der Waals surface area contributed by atoms with Crippen molar-refractivity contribution < 1.29 is 4.79 Å². The van der Waals surface area contributed by atoms with Crippen molar-refractivity contribution in [1.82, 2.24) is 4.90 Å². The molecule has 1 amide bonds. The van der Waals surface area contributed by atoms with E-state index < -0.39 is 0 Å². The van der Waals surface area contributed by atoms with Gasteiger partial charge in [0.15, 0.2) is 0 Å². The van der Waals surface area contributed by atoms with Gasteiger partial charge >= 0.3 is 0 Å². The Morgan fingerprint density at radius 2 is 2.05 bits per heavy atom. The fraction of sp³-hybridized carbons (Fsp3) is 0.353. The fourth-order valence-electron chi connectivity index (χ4n) is 2.75. The van der Waals surface area contributed by atoms with Gasteiger partial charge in [-0.3, -0.25) is 4.79 Å². The van der Waals surface area contributed by atoms with Crippen LogP contribution >= 0.6 is 0 Å². The molecule has 0 saturated carbocycles. The molecule has 0 unspecified atom stereocenters. The zero-order chi connectivity index (χ0) is 15.2. The summed E-state index contributed by atoms with van der Waals surface area (Å²) in [5.41, 5.74) is 9.11. The van der Waals surface area contributed by atoms with E-state index in [1.165, 1.54) is 0 Å². The topological polar surface area (TPSA) is 49.6 Å². The van der Waals surface area contributed by atoms with Crippen LogP contribution in [-0.4, -0.2) is 37.0 Å². The van der Waals surface area contributed by atoms with Crippen LogP contribution in [0.2, 0.25) is 0 Å². The van der Waals surface area contributed by atoms with Crippen LogP contribution in [0.25, 0.3) is 0 Å². The molecule has 1 aromatic rings. The highest BCUT2D eigenvalue weighted by Crippen LogP contribution is 2.31. The van der Waals surface area contributed by atoms with E-state index in [2.05, 4.69) is 18.1 Å². The Balaban J connectivity index is 2.14. The van der Waals surface area contributed by atoms with Gasteiger partial charge in [0.05, 0.1) is 6.54 Å². The molecular formula is C17H23N3O. The predicted octanol–water partition coefficient (Wildman–Crippen LogP) is 2.22. The van der Waals surface area contributed by atoms with Crippen molar-refractivity contribution in [2.75, 3.05) is 36.8 Å². The summed E-state index contributed by atoms with van der Waals surface area (Å²) in [5.74, 6) is 0.0880. The summed E-state index contributed by atoms with van der Waals surface area (Å²) in [6, 6.07) is 5.91. The maximum absolute atomic E-state index is 12.4. The lowest BCUT2D eigenvalue weighted by Gasteiger charge is -2.33. The van der Waals surface area contributed by atoms with Gasteiger partial charge in [0.1, 0.15) is 0 Å². The number of amides is 1. The van der Waals surface area contributed by atoms with Crippen molar-refractivity contribution in [1.29, 1.82) is 0 Å². The highest BCUT2D eigenvalue weighted by Gasteiger charge is 2.22. The first-order valence-corrected chi connectivity index (χ1v) is 7.29. The molecule has 0 saturated heterocycles. The predicted molar refractivity (Wildman–Crippen MR) is 88.4 cm³/mol. The summed E-state index contributed by atoms with van der Waals surface area (Å²) in [6.07, 6.45) is 5.49. The molecule has 4 heteroatoms. The molecule has 1 aliphatic rings. The molecule has 112 valence electrons. The Kier molecular flexibility index (Phi) is 5.04. The Morgan fingerprint density at radius 1 is 1.33 bits per heavy atom. The van der Waals surface area contributed by atoms with Crippen LogP contribution in [0.3, 0.4) is 0 Å². The number of nitrogens with two attached hydrogens (primary N) is 1. The van der Waals surface area contributed by atoms with Crippen molar-refractivity contribution in [3.05, 3.63) is 49.1 Å². The molecule has 0 aromatic heterocycles. The molecule has 0 spiro atoms. The molecule has 1 aliphatic heterocycles. The van der Waals surface area contributed by atoms with E-state index in [1.807, 2.05) is 18.2 Å². The SMILES string of the molecule is C=CCN(CC=C)C(=O)CN1CCCc2c(N)cccc21. The number of carbonyl (C=O) groups excluding carboxylic acids is 1. The number of carbonyl (C=O) groups is 1. The minimum atomic E-state index is 0.0880. The molecule has 1 heterocycles. The van der Waals surface area contributed by atoms with Gasteiger partial charge in [0.2, 0.25) is 5.91 Å². The highest BCUT2D eigenvalue weighted by molar-refractivity contribution is 5.83. The summed E-state index contributed by atoms with van der Waals surface area (Å²) in [7, 11) is 0. The van der Waals surface area contributed by atoms with Gasteiger partial charge in [-0.25, -0.2) is 0 Å². The summed E-state index contributed by atoms with van der Waals surface area (Å²) >= 11 is 0. The molecule has 4 nitrogen and oxygen atoms in total. The lowest BCUT2D eigenvalue weighted by atomic mass is 10.00. The second kappa shape index (κ2) is 6.97. The Labute approximate surface area is 126 Å². The maximum Gasteiger partial charge on any atom is 0.242 e. The Bertz CT molecular complexity index is 529. The third-order valence-corrected chi connectivity index (χ3v) is 3.76. The summed E-state index contributed by atoms with van der Waals surface area (Å²) < 4.78 is 0. The Hall–Kier alpha value is -2.23. The second-order valence-corrected chi connectivity index (χ2v) is 5.25. The van der Waals surface area contributed by atoms with Gasteiger partial charge in [-0.1, -0.05) is 18.2 Å². The van der Waals surface area contributed by atoms with Crippen LogP contribution in [0.1, 0.15) is 12.0 Å². The third kappa shape index (κ3) is 3.45. The molecule has 0 fully saturated rings. The molecule has 21 heavy (non-hydrogen) atoms. The van der Waals surface area contributed by atoms with Crippen LogP contribution in [0.5, 0.6) is 0 Å². The molecule has 0 bridgehead atoms. The third-order valence-electron chi connectivity index (χ3n) is 3.76. The fourth-order valence-corrected chi connectivity index (χ4v) is 2.75. The monoisotopic (exact) mass is 285 g/mol. The number of hydrogen-bond donors (Lipinski definition) is 1. The normalized spacial score (nSPS) is 13.4. The first kappa shape index (κ1) is 15.2. The van der Waals surface area contributed by atoms with Gasteiger partial charge in [0, 0.05) is 31.0 Å². The number of nitrogens with zero attached hydrogens (tertiary/aromatic N) is 2. The molecule has 0 radical (unpaired) electrons. The van der Waals surface area contributed by atoms with Gasteiger partial charge in [-0.05, 0) is 30.5 Å². The average Bonchev–Trinajstić information content (AvgIpc) is 2.48. The molecule has 0 atom stereocenters. The number of anilines is 2. The van der Waals surface area contributed by atoms with Crippen molar-refractivity contribution in [3.63, 3.8) is 0 Å². The Morgan fingerprint density at radius 3 is 2.71 bits per heavy atom. The molecular weight excluding hydrogens is 262 g/mol. The van der Waals surface area contributed by atoms with E-state index in [9.17, 15) is 4.79 Å². The minimum Gasteiger partial charge on any atom is -0.398 e. The van der Waals surface area contributed by atoms with Crippen LogP contribution in [0.4, 0.5) is 11.4 Å². The van der Waals surface area contributed by atoms with E-state index in [1.54, 1.807) is 17.1 Å². The van der Waals surface area contributed by atoms with Gasteiger partial charge in [0.25, 0.3) is 0 Å². The van der Waals surface area contributed by atoms with Gasteiger partial charge < -0.3 is 15.5 Å². The zero-order valence-corrected chi connectivity index (χ0v) is 12.4. The van der Waals surface area contributed by atoms with Gasteiger partial charge in [-0.2, -0.15) is 0 Å². The van der Waals surface area contributed by atoms with E-state index in [-0.39, 0.29) is 5.91 Å². The number of fused-ring (bicyclic) bond motifs is 1. The first-order chi connectivity index (χ1) is 10.2. The summed E-state index contributed by atoms with van der Waals surface area (Å²) in [5, 5.41) is 0. The summed E-state index contributed by atoms with van der Waals surface area (Å²) in [6.45, 7) is 9.75. The summed E-state index contributed by atoms with van der Waals surface area (Å²) in [4.78, 5) is 16.3. The highest BCUT2D eigenvalue weighted by atomic mass is 16.2. The molecule has 2 N–H and O–H groups in total. The number of nitrogen functional groups attached to an aromatic ring is 1. The number of rotatable bonds is 6. The van der Waals surface area contributed by atoms with Crippen LogP contribution in [0.15, 0.2) is 43.5 Å². The van der Waals surface area contributed by atoms with Crippen molar-refractivity contribution >= 4 is 17.3 Å². The van der Waals surface area contributed by atoms with Crippen molar-refractivity contribution in [2.24, 2.45) is 0 Å². The van der Waals surface area contributed by atoms with Crippen LogP contribution in [0, 0.1) is 0 Å². The van der Waals surface area contributed by atoms with E-state index >= 15 is 0 Å². The first-order valence-electron chi connectivity index (χ1n) is 7.29. The standard InChI is InChI=1S/C17H23N3O/c1-3-10-19(11-4-2)17(21)13-20-12-6-7-14-15(18)8-5-9-16(14)20/h3-5,8-9H,1-2,6-7,10-13,18H2. The van der Waals surface area contributed by atoms with Crippen molar-refractivity contribution in [2.45, 2.75) is 12.8 Å². The quantitative estimate of drug-likeness (QED) is 0.644. The average molecular weight is 285 g/mol. The number of benzene rings is 1. The number of hydrogen-bond acceptors (Lipinski definition) is 3. The van der Waals surface area contributed by atoms with Crippen LogP contribution < -0.4 is 10.6 Å². The molecule has 0 aliphatic carbocycles. The van der Waals surface area contributed by atoms with Gasteiger partial charge in [-0.15, -0.1) is 13.2 Å². The zero-order valence-electron chi connectivity index (χ0n) is 12.4. The molecule has 1 aromatic carbocycles. The smallest absolute Gasteiger partial charge is 0.242 e. The lowest BCUT2D eigenvalue weighted by molar-refractivity contribution is -0.128. The minimum absolute atomic E-state index is 0.0880. The van der Waals surface area contributed by atoms with E-state index in [0.29, 0.717) is 19.6 Å². The van der Waals surface area contributed by atoms with Crippen molar-refractivity contribution in [3.8, 4) is 0 Å². The van der Waals surface area contributed by atoms with E-state index in [0.717, 1.165) is 36.3 Å². The largest absolute Gasteiger partial charge is 0.398 e.